The molecule has 0 atom stereocenters. The average Bonchev–Trinajstić information content (AvgIpc) is 2.88. The number of aliphatic imine (C=N–C) groups is 1. The predicted octanol–water partition coefficient (Wildman–Crippen LogP) is 5.30. The molecule has 26 heavy (non-hydrogen) atoms. The van der Waals surface area contributed by atoms with Crippen LogP contribution in [0.3, 0.4) is 0 Å². The number of rotatable bonds is 5. The van der Waals surface area contributed by atoms with Crippen molar-refractivity contribution in [3.8, 4) is 0 Å². The zero-order valence-electron chi connectivity index (χ0n) is 16.2. The van der Waals surface area contributed by atoms with Crippen LogP contribution in [0.15, 0.2) is 64.3 Å². The Morgan fingerprint density at radius 1 is 1.04 bits per heavy atom. The Hall–Kier alpha value is -2.75. The zero-order valence-corrected chi connectivity index (χ0v) is 16.2. The van der Waals surface area contributed by atoms with E-state index in [9.17, 15) is 9.59 Å². The van der Waals surface area contributed by atoms with Crippen molar-refractivity contribution in [2.24, 2.45) is 4.99 Å². The highest BCUT2D eigenvalue weighted by atomic mass is 16.2. The van der Waals surface area contributed by atoms with Crippen LogP contribution in [0.4, 0.5) is 0 Å². The molecule has 0 spiro atoms. The molecular formula is C22H26N2O2. The quantitative estimate of drug-likeness (QED) is 0.313. The van der Waals surface area contributed by atoms with Gasteiger partial charge in [0.2, 0.25) is 0 Å². The molecule has 1 aliphatic heterocycles. The van der Waals surface area contributed by atoms with E-state index in [4.69, 9.17) is 0 Å². The van der Waals surface area contributed by atoms with Gasteiger partial charge in [-0.25, -0.2) is 9.89 Å². The number of carbonyl (C=O) groups excluding carboxylic acids is 2. The van der Waals surface area contributed by atoms with Gasteiger partial charge in [-0.05, 0) is 45.7 Å². The Morgan fingerprint density at radius 3 is 2.08 bits per heavy atom. The van der Waals surface area contributed by atoms with Gasteiger partial charge in [-0.1, -0.05) is 49.3 Å². The molecule has 0 aromatic heterocycles. The molecule has 0 N–H and O–H groups in total. The second-order valence-corrected chi connectivity index (χ2v) is 6.50. The van der Waals surface area contributed by atoms with Crippen molar-refractivity contribution in [1.29, 1.82) is 0 Å². The van der Waals surface area contributed by atoms with E-state index >= 15 is 0 Å². The fourth-order valence-electron chi connectivity index (χ4n) is 2.59. The summed E-state index contributed by atoms with van der Waals surface area (Å²) in [5, 5.41) is 0. The second kappa shape index (κ2) is 8.56. The van der Waals surface area contributed by atoms with Gasteiger partial charge in [0.1, 0.15) is 5.84 Å². The Balaban J connectivity index is 2.63. The van der Waals surface area contributed by atoms with E-state index in [1.165, 1.54) is 4.90 Å². The minimum absolute atomic E-state index is 0.324. The van der Waals surface area contributed by atoms with E-state index < -0.39 is 0 Å². The standard InChI is InChI=1S/C22H26N2O2/c1-6-8-11-17(15(3)4)20(23-14-16(5)7-2)24-21(25)18-12-9-10-13-19(18)22(24)26/h8-14H,6-7H2,1-5H3/b11-8-,16-14-,23-20+. The lowest BCUT2D eigenvalue weighted by Crippen LogP contribution is -2.37. The minimum atomic E-state index is -0.324. The SMILES string of the molecule is CC/C=C\C(=C(C)C)/C(=N\C=C(\C)CC)N1C(=O)c2ccccc2C1=O. The monoisotopic (exact) mass is 350 g/mol. The van der Waals surface area contributed by atoms with Crippen molar-refractivity contribution >= 4 is 17.6 Å². The first-order valence-electron chi connectivity index (χ1n) is 8.97. The van der Waals surface area contributed by atoms with Gasteiger partial charge in [-0.15, -0.1) is 0 Å². The second-order valence-electron chi connectivity index (χ2n) is 6.50. The minimum Gasteiger partial charge on any atom is -0.268 e. The normalized spacial score (nSPS) is 15.0. The highest BCUT2D eigenvalue weighted by Gasteiger charge is 2.39. The molecule has 4 nitrogen and oxygen atoms in total. The number of amidine groups is 1. The molecule has 0 fully saturated rings. The van der Waals surface area contributed by atoms with Crippen molar-refractivity contribution in [3.05, 3.63) is 70.5 Å². The van der Waals surface area contributed by atoms with Gasteiger partial charge in [0, 0.05) is 11.8 Å². The van der Waals surface area contributed by atoms with Gasteiger partial charge in [0.15, 0.2) is 0 Å². The van der Waals surface area contributed by atoms with Crippen LogP contribution in [0.2, 0.25) is 0 Å². The molecule has 1 aliphatic rings. The van der Waals surface area contributed by atoms with E-state index in [2.05, 4.69) is 4.99 Å². The van der Waals surface area contributed by atoms with Crippen molar-refractivity contribution in [3.63, 3.8) is 0 Å². The average molecular weight is 350 g/mol. The van der Waals surface area contributed by atoms with Crippen molar-refractivity contribution in [2.75, 3.05) is 0 Å². The van der Waals surface area contributed by atoms with Gasteiger partial charge in [-0.2, -0.15) is 0 Å². The highest BCUT2D eigenvalue weighted by Crippen LogP contribution is 2.26. The van der Waals surface area contributed by atoms with Gasteiger partial charge in [0.05, 0.1) is 11.1 Å². The maximum Gasteiger partial charge on any atom is 0.267 e. The van der Waals surface area contributed by atoms with Crippen LogP contribution in [0.25, 0.3) is 0 Å². The zero-order chi connectivity index (χ0) is 19.3. The number of benzene rings is 1. The fourth-order valence-corrected chi connectivity index (χ4v) is 2.59. The van der Waals surface area contributed by atoms with E-state index in [1.807, 2.05) is 46.8 Å². The lowest BCUT2D eigenvalue weighted by molar-refractivity contribution is 0.0749. The first-order chi connectivity index (χ1) is 12.4. The summed E-state index contributed by atoms with van der Waals surface area (Å²) < 4.78 is 0. The number of nitrogens with zero attached hydrogens (tertiary/aromatic N) is 2. The summed E-state index contributed by atoms with van der Waals surface area (Å²) in [6.07, 6.45) is 7.39. The third kappa shape index (κ3) is 3.90. The molecule has 0 saturated carbocycles. The smallest absolute Gasteiger partial charge is 0.267 e. The number of hydrogen-bond donors (Lipinski definition) is 0. The third-order valence-electron chi connectivity index (χ3n) is 4.27. The van der Waals surface area contributed by atoms with Crippen LogP contribution in [0, 0.1) is 0 Å². The lowest BCUT2D eigenvalue weighted by Gasteiger charge is -2.18. The summed E-state index contributed by atoms with van der Waals surface area (Å²) in [5.74, 6) is -0.264. The first-order valence-corrected chi connectivity index (χ1v) is 8.97. The van der Waals surface area contributed by atoms with Crippen LogP contribution >= 0.6 is 0 Å². The van der Waals surface area contributed by atoms with Crippen LogP contribution in [0.1, 0.15) is 68.2 Å². The molecule has 0 aliphatic carbocycles. The molecule has 2 amide bonds. The van der Waals surface area contributed by atoms with Gasteiger partial charge in [0.25, 0.3) is 11.8 Å². The van der Waals surface area contributed by atoms with Crippen molar-refractivity contribution in [1.82, 2.24) is 4.90 Å². The largest absolute Gasteiger partial charge is 0.268 e. The maximum atomic E-state index is 12.9. The molecule has 0 unspecified atom stereocenters. The maximum absolute atomic E-state index is 12.9. The molecule has 2 rings (SSSR count). The van der Waals surface area contributed by atoms with E-state index in [-0.39, 0.29) is 11.8 Å². The highest BCUT2D eigenvalue weighted by molar-refractivity contribution is 6.32. The summed E-state index contributed by atoms with van der Waals surface area (Å²) in [6, 6.07) is 6.91. The number of hydrogen-bond acceptors (Lipinski definition) is 3. The number of fused-ring (bicyclic) bond motifs is 1. The summed E-state index contributed by atoms with van der Waals surface area (Å²) in [6.45, 7) is 9.98. The van der Waals surface area contributed by atoms with Crippen LogP contribution in [-0.2, 0) is 0 Å². The summed E-state index contributed by atoms with van der Waals surface area (Å²) >= 11 is 0. The molecule has 136 valence electrons. The van der Waals surface area contributed by atoms with Crippen LogP contribution in [0.5, 0.6) is 0 Å². The number of amides is 2. The van der Waals surface area contributed by atoms with E-state index in [0.29, 0.717) is 17.0 Å². The Morgan fingerprint density at radius 2 is 1.62 bits per heavy atom. The molecule has 1 heterocycles. The fraction of sp³-hybridized carbons (Fsp3) is 0.318. The molecular weight excluding hydrogens is 324 g/mol. The molecule has 4 heteroatoms. The Labute approximate surface area is 155 Å². The summed E-state index contributed by atoms with van der Waals surface area (Å²) in [4.78, 5) is 31.6. The number of carbonyl (C=O) groups is 2. The molecule has 1 aromatic rings. The Bertz CT molecular complexity index is 802. The van der Waals surface area contributed by atoms with E-state index in [1.54, 1.807) is 30.5 Å². The van der Waals surface area contributed by atoms with Gasteiger partial charge >= 0.3 is 0 Å². The van der Waals surface area contributed by atoms with Crippen molar-refractivity contribution in [2.45, 2.75) is 47.5 Å². The molecule has 0 saturated heterocycles. The van der Waals surface area contributed by atoms with E-state index in [0.717, 1.165) is 29.6 Å². The summed E-state index contributed by atoms with van der Waals surface area (Å²) in [5.41, 5.74) is 3.71. The molecule has 1 aromatic carbocycles. The lowest BCUT2D eigenvalue weighted by atomic mass is 10.1. The predicted molar refractivity (Wildman–Crippen MR) is 106 cm³/mol. The summed E-state index contributed by atoms with van der Waals surface area (Å²) in [7, 11) is 0. The Kier molecular flexibility index (Phi) is 6.45. The van der Waals surface area contributed by atoms with Crippen LogP contribution < -0.4 is 0 Å². The number of imide groups is 1. The topological polar surface area (TPSA) is 49.7 Å². The number of allylic oxidation sites excluding steroid dienone is 3. The molecule has 0 radical (unpaired) electrons. The van der Waals surface area contributed by atoms with Crippen LogP contribution in [-0.4, -0.2) is 22.5 Å². The molecule has 0 bridgehead atoms. The van der Waals surface area contributed by atoms with Gasteiger partial charge in [-0.3, -0.25) is 9.59 Å². The third-order valence-corrected chi connectivity index (χ3v) is 4.27. The van der Waals surface area contributed by atoms with Gasteiger partial charge < -0.3 is 0 Å². The van der Waals surface area contributed by atoms with Crippen molar-refractivity contribution < 1.29 is 9.59 Å². The first kappa shape index (κ1) is 19.6.